The molecule has 0 saturated carbocycles. The van der Waals surface area contributed by atoms with Gasteiger partial charge in [-0.25, -0.2) is 19.9 Å². The number of fused-ring (bicyclic) bond motifs is 2. The summed E-state index contributed by atoms with van der Waals surface area (Å²) in [6.45, 7) is 27.1. The second kappa shape index (κ2) is 38.2. The first kappa shape index (κ1) is 89.1. The molecular weight excluding hydrogens is 1650 g/mol. The van der Waals surface area contributed by atoms with Gasteiger partial charge in [0, 0.05) is 90.5 Å². The van der Waals surface area contributed by atoms with Crippen molar-refractivity contribution in [1.82, 2.24) is 19.9 Å². The van der Waals surface area contributed by atoms with E-state index in [1.54, 1.807) is 0 Å². The monoisotopic (exact) mass is 1760 g/mol. The highest BCUT2D eigenvalue weighted by Gasteiger charge is 2.26. The zero-order chi connectivity index (χ0) is 93.7. The number of hydrogen-bond acceptors (Lipinski definition) is 8. The first-order valence-electron chi connectivity index (χ1n) is 47.1. The Kier molecular flexibility index (Phi) is 25.0. The van der Waals surface area contributed by atoms with Gasteiger partial charge in [-0.1, -0.05) is 374 Å². The standard InChI is InChI=1S/2C64H56N4/c1-63(2,3)51-17-15-23-57(43-51)67(53-19-9-7-10-20-53)55-39-35-47(36-40-55)45-27-31-49(32-28-45)61-62(66-60-26-14-13-25-59(60)65-61)50-33-29-46(30-34-50)48-37-41-56(42-38-48)68(54-21-11-8-12-22-54)58-24-16-18-52(44-58)64(4,5)6;1-63(2,3)51-33-41-57(42-34-51)67(53-15-9-7-10-16-53)55-37-29-47(30-38-55)45-21-25-49(26-22-45)61-62(66-60-20-14-13-19-59(60)65-61)50-27-23-46(24-28-50)48-31-39-56(40-32-48)68(54-17-11-8-12-18-54)58-43-35-52(36-44-58)64(4,5)6/h2*7-44H,1-6H3. The Hall–Kier alpha value is -16.2. The molecule has 0 fully saturated rings. The van der Waals surface area contributed by atoms with Crippen LogP contribution < -0.4 is 19.6 Å². The van der Waals surface area contributed by atoms with Crippen LogP contribution in [-0.2, 0) is 21.7 Å². The predicted octanol–water partition coefficient (Wildman–Crippen LogP) is 35.7. The normalized spacial score (nSPS) is 11.7. The van der Waals surface area contributed by atoms with Crippen molar-refractivity contribution in [2.24, 2.45) is 0 Å². The summed E-state index contributed by atoms with van der Waals surface area (Å²) in [5.41, 5.74) is 39.0. The molecule has 0 bridgehead atoms. The third-order valence-corrected chi connectivity index (χ3v) is 25.6. The van der Waals surface area contributed by atoms with Crippen LogP contribution in [-0.4, -0.2) is 19.9 Å². The summed E-state index contributed by atoms with van der Waals surface area (Å²) < 4.78 is 0. The van der Waals surface area contributed by atoms with Crippen molar-refractivity contribution in [2.45, 2.75) is 105 Å². The zero-order valence-electron chi connectivity index (χ0n) is 79.5. The molecule has 136 heavy (non-hydrogen) atoms. The molecular formula is C128H112N8. The SMILES string of the molecule is CC(C)(C)c1ccc(N(c2ccccc2)c2ccc(-c3ccc(-c4nc5ccccc5nc4-c4ccc(-c5ccc(N(c6ccccc6)c6ccc(C(C)(C)C)cc6)cc5)cc4)cc3)cc2)cc1.CC(C)(C)c1cccc(N(c2ccccc2)c2ccc(-c3ccc(-c4nc5ccccc5nc4-c4ccc(-c5ccc(N(c6ccccc6)c6cccc(C(C)(C)C)c6)cc5)cc4)cc3)cc2)c1. The van der Waals surface area contributed by atoms with E-state index in [1.807, 2.05) is 48.5 Å². The third-order valence-electron chi connectivity index (χ3n) is 25.6. The Balaban J connectivity index is 0.000000174. The van der Waals surface area contributed by atoms with Crippen molar-refractivity contribution in [1.29, 1.82) is 0 Å². The van der Waals surface area contributed by atoms with Gasteiger partial charge in [0.05, 0.1) is 44.8 Å². The lowest BCUT2D eigenvalue weighted by molar-refractivity contribution is 0.590. The fraction of sp³-hybridized carbons (Fsp3) is 0.125. The Morgan fingerprint density at radius 1 is 0.132 bits per heavy atom. The maximum Gasteiger partial charge on any atom is 0.0973 e. The second-order valence-corrected chi connectivity index (χ2v) is 39.2. The smallest absolute Gasteiger partial charge is 0.0973 e. The fourth-order valence-electron chi connectivity index (χ4n) is 17.8. The van der Waals surface area contributed by atoms with Crippen molar-refractivity contribution in [2.75, 3.05) is 19.6 Å². The lowest BCUT2D eigenvalue weighted by Gasteiger charge is -2.28. The van der Waals surface area contributed by atoms with Crippen LogP contribution in [0.15, 0.2) is 461 Å². The molecule has 664 valence electrons. The van der Waals surface area contributed by atoms with E-state index in [0.29, 0.717) is 0 Å². The van der Waals surface area contributed by atoms with E-state index in [9.17, 15) is 0 Å². The molecule has 0 radical (unpaired) electrons. The fourth-order valence-corrected chi connectivity index (χ4v) is 17.8. The maximum atomic E-state index is 5.24. The van der Waals surface area contributed by atoms with Gasteiger partial charge in [0.15, 0.2) is 0 Å². The van der Waals surface area contributed by atoms with Crippen LogP contribution in [0.2, 0.25) is 0 Å². The number of para-hydroxylation sites is 8. The van der Waals surface area contributed by atoms with E-state index in [0.717, 1.165) is 180 Å². The molecule has 2 heterocycles. The molecule has 0 amide bonds. The highest BCUT2D eigenvalue weighted by Crippen LogP contribution is 2.46. The zero-order valence-corrected chi connectivity index (χ0v) is 79.5. The number of nitrogens with zero attached hydrogens (tertiary/aromatic N) is 8. The minimum absolute atomic E-state index is 0.0414. The molecule has 0 N–H and O–H groups in total. The molecule has 0 aliphatic rings. The summed E-state index contributed by atoms with van der Waals surface area (Å²) in [7, 11) is 0. The van der Waals surface area contributed by atoms with Gasteiger partial charge in [0.1, 0.15) is 0 Å². The minimum Gasteiger partial charge on any atom is -0.311 e. The molecule has 8 nitrogen and oxygen atoms in total. The first-order valence-corrected chi connectivity index (χ1v) is 47.1. The van der Waals surface area contributed by atoms with Gasteiger partial charge < -0.3 is 19.6 Å². The average molecular weight is 1760 g/mol. The van der Waals surface area contributed by atoms with E-state index in [-0.39, 0.29) is 21.7 Å². The highest BCUT2D eigenvalue weighted by atomic mass is 15.2. The first-order chi connectivity index (χ1) is 65.9. The van der Waals surface area contributed by atoms with Crippen molar-refractivity contribution in [3.63, 3.8) is 0 Å². The minimum atomic E-state index is 0.0414. The number of benzene rings is 18. The van der Waals surface area contributed by atoms with Crippen LogP contribution in [0.5, 0.6) is 0 Å². The third kappa shape index (κ3) is 19.7. The van der Waals surface area contributed by atoms with Crippen LogP contribution >= 0.6 is 0 Å². The van der Waals surface area contributed by atoms with Crippen molar-refractivity contribution in [3.8, 4) is 89.5 Å². The number of rotatable bonds is 20. The van der Waals surface area contributed by atoms with E-state index in [4.69, 9.17) is 19.9 Å². The van der Waals surface area contributed by atoms with E-state index < -0.39 is 0 Å². The number of anilines is 12. The van der Waals surface area contributed by atoms with Crippen LogP contribution in [0, 0.1) is 0 Å². The average Bonchev–Trinajstić information content (AvgIpc) is 0.767. The molecule has 0 unspecified atom stereocenters. The van der Waals surface area contributed by atoms with Crippen molar-refractivity contribution >= 4 is 90.3 Å². The molecule has 18 aromatic carbocycles. The summed E-state index contributed by atoms with van der Waals surface area (Å²) in [5.74, 6) is 0. The molecule has 2 aromatic heterocycles. The molecule has 0 saturated heterocycles. The van der Waals surface area contributed by atoms with Crippen molar-refractivity contribution in [3.05, 3.63) is 483 Å². The molecule has 20 rings (SSSR count). The van der Waals surface area contributed by atoms with E-state index in [1.165, 1.54) is 22.3 Å². The summed E-state index contributed by atoms with van der Waals surface area (Å²) >= 11 is 0. The predicted molar refractivity (Wildman–Crippen MR) is 576 cm³/mol. The Labute approximate surface area is 802 Å². The lowest BCUT2D eigenvalue weighted by Crippen LogP contribution is -2.14. The maximum absolute atomic E-state index is 5.24. The second-order valence-electron chi connectivity index (χ2n) is 39.2. The summed E-state index contributed by atoms with van der Waals surface area (Å²) in [5, 5.41) is 0. The molecule has 0 aliphatic carbocycles. The van der Waals surface area contributed by atoms with Gasteiger partial charge in [-0.15, -0.1) is 0 Å². The van der Waals surface area contributed by atoms with Crippen molar-refractivity contribution < 1.29 is 0 Å². The van der Waals surface area contributed by atoms with Gasteiger partial charge in [0.2, 0.25) is 0 Å². The summed E-state index contributed by atoms with van der Waals surface area (Å²) in [6, 6.07) is 165. The summed E-state index contributed by atoms with van der Waals surface area (Å²) in [6.07, 6.45) is 0. The number of aromatic nitrogens is 4. The van der Waals surface area contributed by atoms with Crippen LogP contribution in [0.3, 0.4) is 0 Å². The van der Waals surface area contributed by atoms with E-state index >= 15 is 0 Å². The van der Waals surface area contributed by atoms with Crippen LogP contribution in [0.1, 0.15) is 105 Å². The Morgan fingerprint density at radius 3 is 0.485 bits per heavy atom. The van der Waals surface area contributed by atoms with Crippen LogP contribution in [0.4, 0.5) is 68.2 Å². The van der Waals surface area contributed by atoms with E-state index in [2.05, 4.69) is 515 Å². The Bertz CT molecular complexity index is 7040. The topological polar surface area (TPSA) is 64.5 Å². The van der Waals surface area contributed by atoms with Gasteiger partial charge in [-0.3, -0.25) is 0 Å². The molecule has 8 heteroatoms. The van der Waals surface area contributed by atoms with Gasteiger partial charge in [-0.2, -0.15) is 0 Å². The van der Waals surface area contributed by atoms with Gasteiger partial charge in [-0.05, 0) is 258 Å². The lowest BCUT2D eigenvalue weighted by atomic mass is 9.87. The van der Waals surface area contributed by atoms with Gasteiger partial charge >= 0.3 is 0 Å². The molecule has 0 spiro atoms. The van der Waals surface area contributed by atoms with Crippen LogP contribution in [0.25, 0.3) is 112 Å². The quantitative estimate of drug-likeness (QED) is 0.0748. The molecule has 0 atom stereocenters. The molecule has 0 aliphatic heterocycles. The number of hydrogen-bond donors (Lipinski definition) is 0. The highest BCUT2D eigenvalue weighted by molar-refractivity contribution is 5.92. The Morgan fingerprint density at radius 2 is 0.287 bits per heavy atom. The van der Waals surface area contributed by atoms with Gasteiger partial charge in [0.25, 0.3) is 0 Å². The largest absolute Gasteiger partial charge is 0.311 e. The molecule has 20 aromatic rings. The summed E-state index contributed by atoms with van der Waals surface area (Å²) in [4.78, 5) is 30.2.